The van der Waals surface area contributed by atoms with Gasteiger partial charge in [-0.05, 0) is 12.1 Å². The Labute approximate surface area is 125 Å². The molecule has 108 valence electrons. The van der Waals surface area contributed by atoms with E-state index in [0.717, 1.165) is 5.56 Å². The molecule has 0 spiro atoms. The molecule has 4 heteroatoms. The first kappa shape index (κ1) is 14.9. The average molecular weight is 282 g/mol. The molecule has 0 aliphatic rings. The van der Waals surface area contributed by atoms with Gasteiger partial charge in [-0.25, -0.2) is 4.59 Å². The van der Waals surface area contributed by atoms with Gasteiger partial charge in [-0.2, -0.15) is 0 Å². The van der Waals surface area contributed by atoms with Crippen molar-refractivity contribution in [3.05, 3.63) is 71.8 Å². The first-order valence-corrected chi connectivity index (χ1v) is 6.79. The summed E-state index contributed by atoms with van der Waals surface area (Å²) in [5.74, 6) is 0.406. The van der Waals surface area contributed by atoms with Crippen LogP contribution in [0.3, 0.4) is 0 Å². The molecule has 1 amide bonds. The summed E-state index contributed by atoms with van der Waals surface area (Å²) in [5.41, 5.74) is 1.50. The second-order valence-electron chi connectivity index (χ2n) is 5.58. The minimum Gasteiger partial charge on any atom is -0.302 e. The van der Waals surface area contributed by atoms with E-state index in [4.69, 9.17) is 0 Å². The lowest BCUT2D eigenvalue weighted by Crippen LogP contribution is -2.37. The van der Waals surface area contributed by atoms with Crippen LogP contribution >= 0.6 is 0 Å². The highest BCUT2D eigenvalue weighted by Gasteiger charge is 2.15. The van der Waals surface area contributed by atoms with Crippen LogP contribution in [-0.4, -0.2) is 37.5 Å². The molecule has 0 aliphatic heterocycles. The van der Waals surface area contributed by atoms with Gasteiger partial charge in [0.1, 0.15) is 0 Å². The Hall–Kier alpha value is -2.46. The number of benzene rings is 2. The van der Waals surface area contributed by atoms with Crippen LogP contribution in [0.5, 0.6) is 0 Å². The van der Waals surface area contributed by atoms with Gasteiger partial charge in [-0.1, -0.05) is 53.6 Å². The fourth-order valence-corrected chi connectivity index (χ4v) is 1.82. The monoisotopic (exact) mass is 282 g/mol. The van der Waals surface area contributed by atoms with E-state index in [1.54, 1.807) is 12.1 Å². The minimum absolute atomic E-state index is 0.161. The number of nitrogens with zero attached hydrogens (tertiary/aromatic N) is 2. The number of hydrogen-bond acceptors (Lipinski definition) is 2. The maximum absolute atomic E-state index is 12.3. The van der Waals surface area contributed by atoms with Crippen molar-refractivity contribution in [2.24, 2.45) is 5.10 Å². The standard InChI is InChI=1S/C17H19N3O/c1-20(2,3)19-16(14-10-6-4-7-11-14)18-17(21)15-12-8-5-9-13-15/h4-13H,1-3H3/p+1. The van der Waals surface area contributed by atoms with E-state index in [0.29, 0.717) is 16.0 Å². The lowest BCUT2D eigenvalue weighted by molar-refractivity contribution is -0.877. The quantitative estimate of drug-likeness (QED) is 0.399. The van der Waals surface area contributed by atoms with Crippen LogP contribution in [-0.2, 0) is 0 Å². The summed E-state index contributed by atoms with van der Waals surface area (Å²) < 4.78 is 0.374. The summed E-state index contributed by atoms with van der Waals surface area (Å²) in [6.07, 6.45) is 0. The van der Waals surface area contributed by atoms with Crippen molar-refractivity contribution in [1.29, 1.82) is 0 Å². The number of amidine groups is 1. The lowest BCUT2D eigenvalue weighted by Gasteiger charge is -2.18. The molecule has 0 fully saturated rings. The lowest BCUT2D eigenvalue weighted by atomic mass is 10.2. The van der Waals surface area contributed by atoms with Crippen molar-refractivity contribution in [1.82, 2.24) is 5.32 Å². The molecule has 0 aromatic heterocycles. The number of carbonyl (C=O) groups excluding carboxylic acids is 1. The zero-order valence-corrected chi connectivity index (χ0v) is 12.6. The number of carbonyl (C=O) groups is 1. The zero-order valence-electron chi connectivity index (χ0n) is 12.6. The molecule has 0 bridgehead atoms. The van der Waals surface area contributed by atoms with Crippen LogP contribution in [0.1, 0.15) is 15.9 Å². The highest BCUT2D eigenvalue weighted by atomic mass is 16.1. The Bertz CT molecular complexity index is 628. The van der Waals surface area contributed by atoms with Crippen molar-refractivity contribution < 1.29 is 9.39 Å². The second-order valence-corrected chi connectivity index (χ2v) is 5.58. The Balaban J connectivity index is 2.30. The van der Waals surface area contributed by atoms with Crippen molar-refractivity contribution in [3.8, 4) is 0 Å². The number of rotatable bonds is 3. The summed E-state index contributed by atoms with van der Waals surface area (Å²) in [6.45, 7) is 0. The summed E-state index contributed by atoms with van der Waals surface area (Å²) in [6, 6.07) is 18.8. The molecular weight excluding hydrogens is 262 g/mol. The molecule has 1 N–H and O–H groups in total. The van der Waals surface area contributed by atoms with Crippen LogP contribution in [0.4, 0.5) is 0 Å². The number of quaternary nitrogens is 1. The molecule has 2 aromatic carbocycles. The summed E-state index contributed by atoms with van der Waals surface area (Å²) in [4.78, 5) is 12.3. The van der Waals surface area contributed by atoms with Gasteiger partial charge in [0.15, 0.2) is 5.84 Å². The van der Waals surface area contributed by atoms with Gasteiger partial charge in [-0.15, -0.1) is 0 Å². The maximum Gasteiger partial charge on any atom is 0.256 e. The third kappa shape index (κ3) is 4.54. The normalized spacial score (nSPS) is 12.0. The molecule has 0 atom stereocenters. The smallest absolute Gasteiger partial charge is 0.256 e. The Morgan fingerprint density at radius 1 is 0.857 bits per heavy atom. The van der Waals surface area contributed by atoms with E-state index >= 15 is 0 Å². The average Bonchev–Trinajstić information content (AvgIpc) is 2.47. The van der Waals surface area contributed by atoms with Crippen molar-refractivity contribution >= 4 is 11.7 Å². The molecule has 4 nitrogen and oxygen atoms in total. The van der Waals surface area contributed by atoms with E-state index in [2.05, 4.69) is 10.4 Å². The SMILES string of the molecule is C[N+](C)(C)/N=C(/NC(=O)c1ccccc1)c1ccccc1. The second kappa shape index (κ2) is 6.33. The van der Waals surface area contributed by atoms with Gasteiger partial charge in [0.05, 0.1) is 21.1 Å². The molecule has 0 saturated carbocycles. The fourth-order valence-electron chi connectivity index (χ4n) is 1.82. The van der Waals surface area contributed by atoms with Gasteiger partial charge in [0, 0.05) is 11.1 Å². The van der Waals surface area contributed by atoms with Crippen LogP contribution in [0, 0.1) is 0 Å². The predicted octanol–water partition coefficient (Wildman–Crippen LogP) is 2.48. The predicted molar refractivity (Wildman–Crippen MR) is 84.9 cm³/mol. The van der Waals surface area contributed by atoms with Gasteiger partial charge in [-0.3, -0.25) is 4.79 Å². The van der Waals surface area contributed by atoms with Crippen LogP contribution in [0.2, 0.25) is 0 Å². The molecule has 0 aliphatic carbocycles. The molecule has 0 unspecified atom stereocenters. The Kier molecular flexibility index (Phi) is 4.50. The zero-order chi connectivity index (χ0) is 15.3. The molecule has 0 saturated heterocycles. The van der Waals surface area contributed by atoms with Gasteiger partial charge in [0.25, 0.3) is 5.91 Å². The molecule has 0 heterocycles. The third-order valence-corrected chi connectivity index (χ3v) is 2.72. The summed E-state index contributed by atoms with van der Waals surface area (Å²) in [5, 5.41) is 7.47. The largest absolute Gasteiger partial charge is 0.302 e. The summed E-state index contributed by atoms with van der Waals surface area (Å²) >= 11 is 0. The van der Waals surface area contributed by atoms with Gasteiger partial charge in [0.2, 0.25) is 0 Å². The van der Waals surface area contributed by atoms with Crippen LogP contribution in [0.15, 0.2) is 65.8 Å². The molecule has 21 heavy (non-hydrogen) atoms. The first-order valence-electron chi connectivity index (χ1n) is 6.79. The highest BCUT2D eigenvalue weighted by Crippen LogP contribution is 2.05. The van der Waals surface area contributed by atoms with Crippen molar-refractivity contribution in [3.63, 3.8) is 0 Å². The van der Waals surface area contributed by atoms with E-state index in [-0.39, 0.29) is 5.91 Å². The number of hydrogen-bond donors (Lipinski definition) is 1. The third-order valence-electron chi connectivity index (χ3n) is 2.72. The van der Waals surface area contributed by atoms with Gasteiger partial charge < -0.3 is 5.32 Å². The number of nitrogens with one attached hydrogen (secondary N) is 1. The van der Waals surface area contributed by atoms with E-state index in [1.807, 2.05) is 69.7 Å². The van der Waals surface area contributed by atoms with Crippen LogP contribution in [0.25, 0.3) is 0 Å². The first-order chi connectivity index (χ1) is 9.96. The Morgan fingerprint density at radius 2 is 1.33 bits per heavy atom. The fraction of sp³-hybridized carbons (Fsp3) is 0.176. The van der Waals surface area contributed by atoms with Crippen molar-refractivity contribution in [2.75, 3.05) is 21.1 Å². The van der Waals surface area contributed by atoms with Gasteiger partial charge >= 0.3 is 0 Å². The molecular formula is C17H20N3O+. The molecule has 2 aromatic rings. The Morgan fingerprint density at radius 3 is 1.81 bits per heavy atom. The van der Waals surface area contributed by atoms with E-state index in [9.17, 15) is 4.79 Å². The highest BCUT2D eigenvalue weighted by molar-refractivity contribution is 6.12. The molecule has 0 radical (unpaired) electrons. The maximum atomic E-state index is 12.3. The number of amides is 1. The summed E-state index contributed by atoms with van der Waals surface area (Å²) in [7, 11) is 5.83. The van der Waals surface area contributed by atoms with Crippen molar-refractivity contribution in [2.45, 2.75) is 0 Å². The van der Waals surface area contributed by atoms with E-state index < -0.39 is 0 Å². The van der Waals surface area contributed by atoms with Crippen LogP contribution < -0.4 is 5.32 Å². The molecule has 2 rings (SSSR count). The minimum atomic E-state index is -0.161. The topological polar surface area (TPSA) is 41.5 Å². The van der Waals surface area contributed by atoms with E-state index in [1.165, 1.54) is 0 Å².